The van der Waals surface area contributed by atoms with Gasteiger partial charge < -0.3 is 4.90 Å². The molecule has 1 heterocycles. The molecule has 0 saturated carbocycles. The molecular weight excluding hydrogens is 307 g/mol. The van der Waals surface area contributed by atoms with Crippen LogP contribution in [-0.2, 0) is 11.9 Å². The Labute approximate surface area is 121 Å². The summed E-state index contributed by atoms with van der Waals surface area (Å²) in [6.45, 7) is 3.66. The topological polar surface area (TPSA) is 16.1 Å². The molecule has 0 amide bonds. The van der Waals surface area contributed by atoms with Gasteiger partial charge in [0.05, 0.1) is 12.2 Å². The summed E-state index contributed by atoms with van der Waals surface area (Å²) < 4.78 is 13.3. The number of benzene rings is 1. The van der Waals surface area contributed by atoms with Crippen molar-refractivity contribution >= 4 is 21.6 Å². The zero-order chi connectivity index (χ0) is 13.7. The lowest BCUT2D eigenvalue weighted by Gasteiger charge is -2.25. The van der Waals surface area contributed by atoms with Crippen molar-refractivity contribution in [3.63, 3.8) is 0 Å². The van der Waals surface area contributed by atoms with Gasteiger partial charge in [0.25, 0.3) is 0 Å². The van der Waals surface area contributed by atoms with Crippen LogP contribution in [0.4, 0.5) is 10.1 Å². The van der Waals surface area contributed by atoms with Crippen LogP contribution in [0.2, 0.25) is 0 Å². The zero-order valence-corrected chi connectivity index (χ0v) is 12.4. The predicted molar refractivity (Wildman–Crippen MR) is 80.0 cm³/mol. The van der Waals surface area contributed by atoms with Crippen molar-refractivity contribution in [3.05, 3.63) is 59.7 Å². The van der Waals surface area contributed by atoms with E-state index in [1.165, 1.54) is 6.07 Å². The van der Waals surface area contributed by atoms with Gasteiger partial charge in [-0.05, 0) is 42.8 Å². The van der Waals surface area contributed by atoms with Crippen molar-refractivity contribution in [2.45, 2.75) is 18.8 Å². The first-order valence-electron chi connectivity index (χ1n) is 6.24. The summed E-state index contributed by atoms with van der Waals surface area (Å²) in [5.74, 6) is -0.202. The molecule has 1 aromatic heterocycles. The lowest BCUT2D eigenvalue weighted by Crippen LogP contribution is -2.23. The van der Waals surface area contributed by atoms with Crippen LogP contribution >= 0.6 is 15.9 Å². The second-order valence-corrected chi connectivity index (χ2v) is 4.80. The zero-order valence-electron chi connectivity index (χ0n) is 10.8. The first kappa shape index (κ1) is 14.0. The summed E-state index contributed by atoms with van der Waals surface area (Å²) in [4.78, 5) is 6.53. The average Bonchev–Trinajstić information content (AvgIpc) is 2.46. The summed E-state index contributed by atoms with van der Waals surface area (Å²) in [7, 11) is 0. The van der Waals surface area contributed by atoms with E-state index in [1.807, 2.05) is 24.3 Å². The van der Waals surface area contributed by atoms with Crippen molar-refractivity contribution < 1.29 is 4.39 Å². The normalized spacial score (nSPS) is 10.5. The number of nitrogens with zero attached hydrogens (tertiary/aromatic N) is 2. The minimum absolute atomic E-state index is 0.202. The first-order valence-corrected chi connectivity index (χ1v) is 7.36. The molecule has 0 fully saturated rings. The van der Waals surface area contributed by atoms with Gasteiger partial charge in [0.2, 0.25) is 0 Å². The van der Waals surface area contributed by atoms with E-state index in [2.05, 4.69) is 32.7 Å². The molecular formula is C15H16BrFN2. The standard InChI is InChI=1S/C15H16BrFN2/c1-2-19(11-14-5-3-4-8-18-14)15-7-6-13(17)9-12(15)10-16/h3-9H,2,10-11H2,1H3. The second-order valence-electron chi connectivity index (χ2n) is 4.24. The smallest absolute Gasteiger partial charge is 0.123 e. The number of aromatic nitrogens is 1. The predicted octanol–water partition coefficient (Wildman–Crippen LogP) is 4.14. The molecule has 4 heteroatoms. The maximum atomic E-state index is 13.3. The fourth-order valence-electron chi connectivity index (χ4n) is 2.02. The SMILES string of the molecule is CCN(Cc1ccccn1)c1ccc(F)cc1CBr. The Bertz CT molecular complexity index is 531. The summed E-state index contributed by atoms with van der Waals surface area (Å²) in [5.41, 5.74) is 3.01. The molecule has 2 rings (SSSR count). The Balaban J connectivity index is 2.27. The van der Waals surface area contributed by atoms with E-state index in [0.29, 0.717) is 5.33 Å². The fraction of sp³-hybridized carbons (Fsp3) is 0.267. The number of alkyl halides is 1. The van der Waals surface area contributed by atoms with Crippen molar-refractivity contribution in [1.82, 2.24) is 4.98 Å². The van der Waals surface area contributed by atoms with E-state index < -0.39 is 0 Å². The Kier molecular flexibility index (Phi) is 4.91. The third-order valence-corrected chi connectivity index (χ3v) is 3.59. The van der Waals surface area contributed by atoms with Crippen molar-refractivity contribution in [1.29, 1.82) is 0 Å². The molecule has 0 radical (unpaired) electrons. The number of pyridine rings is 1. The van der Waals surface area contributed by atoms with Crippen LogP contribution in [0.3, 0.4) is 0 Å². The number of rotatable bonds is 5. The highest BCUT2D eigenvalue weighted by Gasteiger charge is 2.11. The van der Waals surface area contributed by atoms with Crippen LogP contribution < -0.4 is 4.90 Å². The van der Waals surface area contributed by atoms with E-state index in [1.54, 1.807) is 12.3 Å². The Morgan fingerprint density at radius 1 is 1.26 bits per heavy atom. The summed E-state index contributed by atoms with van der Waals surface area (Å²) >= 11 is 3.42. The molecule has 0 atom stereocenters. The molecule has 0 aliphatic rings. The first-order chi connectivity index (χ1) is 9.24. The van der Waals surface area contributed by atoms with Crippen LogP contribution in [-0.4, -0.2) is 11.5 Å². The van der Waals surface area contributed by atoms with Crippen molar-refractivity contribution in [2.24, 2.45) is 0 Å². The second kappa shape index (κ2) is 6.66. The molecule has 2 aromatic rings. The number of hydrogen-bond acceptors (Lipinski definition) is 2. The molecule has 0 N–H and O–H groups in total. The molecule has 19 heavy (non-hydrogen) atoms. The molecule has 100 valence electrons. The van der Waals surface area contributed by atoms with E-state index in [4.69, 9.17) is 0 Å². The molecule has 1 aromatic carbocycles. The van der Waals surface area contributed by atoms with Crippen LogP contribution in [0.1, 0.15) is 18.2 Å². The summed E-state index contributed by atoms with van der Waals surface area (Å²) in [6, 6.07) is 10.8. The van der Waals surface area contributed by atoms with Gasteiger partial charge in [-0.25, -0.2) is 4.39 Å². The largest absolute Gasteiger partial charge is 0.366 e. The molecule has 0 saturated heterocycles. The lowest BCUT2D eigenvalue weighted by molar-refractivity contribution is 0.626. The molecule has 0 aliphatic heterocycles. The van der Waals surface area contributed by atoms with Crippen LogP contribution in [0.5, 0.6) is 0 Å². The number of halogens is 2. The van der Waals surface area contributed by atoms with E-state index >= 15 is 0 Å². The molecule has 0 unspecified atom stereocenters. The minimum atomic E-state index is -0.202. The molecule has 0 aliphatic carbocycles. The van der Waals surface area contributed by atoms with Gasteiger partial charge in [0, 0.05) is 23.8 Å². The van der Waals surface area contributed by atoms with Crippen LogP contribution in [0.25, 0.3) is 0 Å². The van der Waals surface area contributed by atoms with E-state index in [9.17, 15) is 4.39 Å². The van der Waals surface area contributed by atoms with Crippen molar-refractivity contribution in [3.8, 4) is 0 Å². The Morgan fingerprint density at radius 2 is 2.11 bits per heavy atom. The Hall–Kier alpha value is -1.42. The average molecular weight is 323 g/mol. The van der Waals surface area contributed by atoms with Crippen LogP contribution in [0.15, 0.2) is 42.6 Å². The quantitative estimate of drug-likeness (QED) is 0.769. The number of anilines is 1. The molecule has 0 bridgehead atoms. The summed E-state index contributed by atoms with van der Waals surface area (Å²) in [5, 5.41) is 0.638. The van der Waals surface area contributed by atoms with Gasteiger partial charge in [0.1, 0.15) is 5.82 Å². The van der Waals surface area contributed by atoms with Gasteiger partial charge in [-0.1, -0.05) is 22.0 Å². The molecule has 2 nitrogen and oxygen atoms in total. The van der Waals surface area contributed by atoms with Gasteiger partial charge in [0.15, 0.2) is 0 Å². The maximum absolute atomic E-state index is 13.3. The van der Waals surface area contributed by atoms with Gasteiger partial charge in [-0.15, -0.1) is 0 Å². The fourth-order valence-corrected chi connectivity index (χ4v) is 2.47. The highest BCUT2D eigenvalue weighted by molar-refractivity contribution is 9.08. The monoisotopic (exact) mass is 322 g/mol. The third-order valence-electron chi connectivity index (χ3n) is 2.99. The van der Waals surface area contributed by atoms with Crippen LogP contribution in [0, 0.1) is 5.82 Å². The van der Waals surface area contributed by atoms with Crippen molar-refractivity contribution in [2.75, 3.05) is 11.4 Å². The summed E-state index contributed by atoms with van der Waals surface area (Å²) in [6.07, 6.45) is 1.79. The molecule has 0 spiro atoms. The van der Waals surface area contributed by atoms with Gasteiger partial charge in [-0.3, -0.25) is 4.98 Å². The highest BCUT2D eigenvalue weighted by Crippen LogP contribution is 2.25. The van der Waals surface area contributed by atoms with Gasteiger partial charge >= 0.3 is 0 Å². The van der Waals surface area contributed by atoms with E-state index in [-0.39, 0.29) is 5.82 Å². The Morgan fingerprint density at radius 3 is 2.74 bits per heavy atom. The lowest BCUT2D eigenvalue weighted by atomic mass is 10.1. The minimum Gasteiger partial charge on any atom is -0.366 e. The third kappa shape index (κ3) is 3.53. The van der Waals surface area contributed by atoms with E-state index in [0.717, 1.165) is 30.0 Å². The maximum Gasteiger partial charge on any atom is 0.123 e. The highest BCUT2D eigenvalue weighted by atomic mass is 79.9. The number of hydrogen-bond donors (Lipinski definition) is 0. The van der Waals surface area contributed by atoms with Gasteiger partial charge in [-0.2, -0.15) is 0 Å².